The Bertz CT molecular complexity index is 200. The van der Waals surface area contributed by atoms with E-state index >= 15 is 0 Å². The highest BCUT2D eigenvalue weighted by molar-refractivity contribution is 6.34. The van der Waals surface area contributed by atoms with Gasteiger partial charge in [0.15, 0.2) is 0 Å². The predicted molar refractivity (Wildman–Crippen MR) is 46.9 cm³/mol. The number of carbonyl (C=O) groups is 2. The number of rotatable bonds is 1. The Kier molecular flexibility index (Phi) is 3.70. The van der Waals surface area contributed by atoms with E-state index in [-0.39, 0.29) is 0 Å². The minimum Gasteiger partial charge on any atom is -0.348 e. The van der Waals surface area contributed by atoms with Crippen LogP contribution in [0.3, 0.4) is 0 Å². The summed E-state index contributed by atoms with van der Waals surface area (Å²) in [6.07, 6.45) is 0. The van der Waals surface area contributed by atoms with Gasteiger partial charge in [0.2, 0.25) is 0 Å². The molecule has 1 aliphatic heterocycles. The first-order valence-electron chi connectivity index (χ1n) is 4.64. The molecular weight excluding hydrogens is 170 g/mol. The Labute approximate surface area is 77.5 Å². The third-order valence-electron chi connectivity index (χ3n) is 2.03. The second-order valence-electron chi connectivity index (χ2n) is 3.02. The van der Waals surface area contributed by atoms with Crippen LogP contribution in [-0.4, -0.2) is 49.4 Å². The van der Waals surface area contributed by atoms with Crippen molar-refractivity contribution in [3.63, 3.8) is 0 Å². The summed E-state index contributed by atoms with van der Waals surface area (Å²) in [6.45, 7) is 5.45. The summed E-state index contributed by atoms with van der Waals surface area (Å²) in [5.74, 6) is -0.876. The van der Waals surface area contributed by atoms with E-state index in [1.54, 1.807) is 11.8 Å². The summed E-state index contributed by atoms with van der Waals surface area (Å²) in [5, 5.41) is 4.64. The summed E-state index contributed by atoms with van der Waals surface area (Å²) in [7, 11) is 0. The zero-order valence-electron chi connectivity index (χ0n) is 7.88. The molecule has 2 amide bonds. The molecule has 0 unspecified atom stereocenters. The van der Waals surface area contributed by atoms with E-state index in [1.807, 2.05) is 0 Å². The van der Waals surface area contributed by atoms with Gasteiger partial charge in [-0.25, -0.2) is 0 Å². The van der Waals surface area contributed by atoms with Crippen molar-refractivity contribution in [1.29, 1.82) is 0 Å². The van der Waals surface area contributed by atoms with Gasteiger partial charge in [-0.1, -0.05) is 0 Å². The lowest BCUT2D eigenvalue weighted by atomic mass is 10.3. The number of carbonyl (C=O) groups excluding carboxylic acids is 2. The summed E-state index contributed by atoms with van der Waals surface area (Å²) in [6, 6.07) is 0. The van der Waals surface area contributed by atoms with Gasteiger partial charge in [0, 0.05) is 6.54 Å². The summed E-state index contributed by atoms with van der Waals surface area (Å²) in [4.78, 5) is 24.1. The van der Waals surface area contributed by atoms with Gasteiger partial charge < -0.3 is 15.5 Å². The number of nitrogens with one attached hydrogen (secondary N) is 1. The van der Waals surface area contributed by atoms with Gasteiger partial charge >= 0.3 is 11.8 Å². The molecule has 0 bridgehead atoms. The minimum absolute atomic E-state index is 0.394. The Hall–Kier alpha value is -1.10. The first-order valence-corrected chi connectivity index (χ1v) is 4.64. The minimum atomic E-state index is -0.482. The molecule has 1 aliphatic rings. The maximum absolute atomic E-state index is 11.4. The van der Waals surface area contributed by atoms with Crippen LogP contribution >= 0.6 is 0 Å². The van der Waals surface area contributed by atoms with Gasteiger partial charge in [-0.3, -0.25) is 9.59 Å². The van der Waals surface area contributed by atoms with E-state index in [2.05, 4.69) is 10.6 Å². The zero-order chi connectivity index (χ0) is 9.68. The second kappa shape index (κ2) is 4.81. The van der Waals surface area contributed by atoms with Crippen LogP contribution in [0.25, 0.3) is 0 Å². The van der Waals surface area contributed by atoms with Crippen molar-refractivity contribution in [2.24, 2.45) is 0 Å². The van der Waals surface area contributed by atoms with E-state index in [9.17, 15) is 9.59 Å². The maximum Gasteiger partial charge on any atom is 0.312 e. The van der Waals surface area contributed by atoms with Crippen LogP contribution in [0.5, 0.6) is 0 Å². The Morgan fingerprint density at radius 3 is 2.54 bits per heavy atom. The van der Waals surface area contributed by atoms with Crippen molar-refractivity contribution < 1.29 is 14.9 Å². The van der Waals surface area contributed by atoms with Gasteiger partial charge in [-0.15, -0.1) is 0 Å². The molecule has 0 saturated carbocycles. The van der Waals surface area contributed by atoms with Crippen molar-refractivity contribution in [3.8, 4) is 0 Å². The number of hydrogen-bond donors (Lipinski definition) is 2. The molecule has 0 aromatic heterocycles. The quantitative estimate of drug-likeness (QED) is 0.446. The van der Waals surface area contributed by atoms with Crippen LogP contribution in [0.2, 0.25) is 0 Å². The van der Waals surface area contributed by atoms with Crippen LogP contribution in [0.1, 0.15) is 6.92 Å². The lowest BCUT2D eigenvalue weighted by Gasteiger charge is -2.24. The highest BCUT2D eigenvalue weighted by Gasteiger charge is 2.23. The van der Waals surface area contributed by atoms with E-state index in [1.165, 1.54) is 0 Å². The number of quaternary nitrogens is 1. The predicted octanol–water partition coefficient (Wildman–Crippen LogP) is -2.47. The number of amides is 2. The Morgan fingerprint density at radius 2 is 2.00 bits per heavy atom. The molecule has 0 spiro atoms. The molecule has 74 valence electrons. The second-order valence-corrected chi connectivity index (χ2v) is 3.02. The van der Waals surface area contributed by atoms with Gasteiger partial charge in [-0.2, -0.15) is 0 Å². The van der Waals surface area contributed by atoms with Gasteiger partial charge in [0.25, 0.3) is 0 Å². The third-order valence-corrected chi connectivity index (χ3v) is 2.03. The molecule has 5 nitrogen and oxygen atoms in total. The average molecular weight is 186 g/mol. The fourth-order valence-corrected chi connectivity index (χ4v) is 1.33. The van der Waals surface area contributed by atoms with E-state index in [4.69, 9.17) is 0 Å². The standard InChI is InChI=1S/C8H15N3O2/c1-2-10-7(12)8(13)11-5-3-9-4-6-11/h9H,2-6H2,1H3,(H,10,12)/p+1. The maximum atomic E-state index is 11.4. The molecule has 1 fully saturated rings. The van der Waals surface area contributed by atoms with Crippen LogP contribution in [-0.2, 0) is 9.59 Å². The topological polar surface area (TPSA) is 66.0 Å². The third kappa shape index (κ3) is 2.69. The van der Waals surface area contributed by atoms with Crippen LogP contribution < -0.4 is 10.6 Å². The number of nitrogens with two attached hydrogens (primary N) is 1. The fourth-order valence-electron chi connectivity index (χ4n) is 1.33. The first kappa shape index (κ1) is 9.98. The molecule has 1 saturated heterocycles. The number of piperazine rings is 1. The molecule has 13 heavy (non-hydrogen) atoms. The van der Waals surface area contributed by atoms with E-state index in [0.29, 0.717) is 19.6 Å². The average Bonchev–Trinajstić information content (AvgIpc) is 2.18. The highest BCUT2D eigenvalue weighted by Crippen LogP contribution is 1.89. The normalized spacial score (nSPS) is 16.8. The molecule has 0 aliphatic carbocycles. The largest absolute Gasteiger partial charge is 0.348 e. The Morgan fingerprint density at radius 1 is 1.38 bits per heavy atom. The fraction of sp³-hybridized carbons (Fsp3) is 0.750. The molecule has 0 aromatic carbocycles. The number of hydrogen-bond acceptors (Lipinski definition) is 2. The molecule has 0 atom stereocenters. The Balaban J connectivity index is 2.40. The molecule has 1 rings (SSSR count). The summed E-state index contributed by atoms with van der Waals surface area (Å²) < 4.78 is 0. The van der Waals surface area contributed by atoms with Crippen molar-refractivity contribution in [1.82, 2.24) is 10.2 Å². The molecule has 3 N–H and O–H groups in total. The van der Waals surface area contributed by atoms with Crippen molar-refractivity contribution in [2.45, 2.75) is 6.92 Å². The van der Waals surface area contributed by atoms with E-state index in [0.717, 1.165) is 13.1 Å². The van der Waals surface area contributed by atoms with Gasteiger partial charge in [0.05, 0.1) is 26.2 Å². The highest BCUT2D eigenvalue weighted by atomic mass is 16.2. The SMILES string of the molecule is CCNC(=O)C(=O)N1CC[NH2+]CC1. The first-order chi connectivity index (χ1) is 6.25. The van der Waals surface area contributed by atoms with Gasteiger partial charge in [-0.05, 0) is 6.92 Å². The monoisotopic (exact) mass is 186 g/mol. The molecule has 0 aromatic rings. The van der Waals surface area contributed by atoms with Crippen LogP contribution in [0.4, 0.5) is 0 Å². The lowest BCUT2D eigenvalue weighted by Crippen LogP contribution is -2.90. The summed E-state index contributed by atoms with van der Waals surface area (Å²) in [5.41, 5.74) is 0. The molecule has 1 heterocycles. The summed E-state index contributed by atoms with van der Waals surface area (Å²) >= 11 is 0. The van der Waals surface area contributed by atoms with Gasteiger partial charge in [0.1, 0.15) is 0 Å². The zero-order valence-corrected chi connectivity index (χ0v) is 7.88. The molecule has 5 heteroatoms. The van der Waals surface area contributed by atoms with E-state index < -0.39 is 11.8 Å². The van der Waals surface area contributed by atoms with Crippen LogP contribution in [0, 0.1) is 0 Å². The van der Waals surface area contributed by atoms with Crippen molar-refractivity contribution in [2.75, 3.05) is 32.7 Å². The number of nitrogens with zero attached hydrogens (tertiary/aromatic N) is 1. The lowest BCUT2D eigenvalue weighted by molar-refractivity contribution is -0.662. The van der Waals surface area contributed by atoms with Crippen molar-refractivity contribution >= 4 is 11.8 Å². The number of likely N-dealkylation sites (N-methyl/N-ethyl adjacent to an activating group) is 1. The smallest absolute Gasteiger partial charge is 0.312 e. The van der Waals surface area contributed by atoms with Crippen LogP contribution in [0.15, 0.2) is 0 Å². The van der Waals surface area contributed by atoms with Crippen molar-refractivity contribution in [3.05, 3.63) is 0 Å². The molecule has 0 radical (unpaired) electrons. The molecular formula is C8H16N3O2+.